The van der Waals surface area contributed by atoms with Crippen LogP contribution in [0.25, 0.3) is 0 Å². The van der Waals surface area contributed by atoms with Gasteiger partial charge >= 0.3 is 6.09 Å². The first-order valence-electron chi connectivity index (χ1n) is 7.72. The number of hydrogen-bond donors (Lipinski definition) is 1. The highest BCUT2D eigenvalue weighted by Crippen LogP contribution is 2.28. The highest BCUT2D eigenvalue weighted by molar-refractivity contribution is 5.66. The fourth-order valence-corrected chi connectivity index (χ4v) is 3.16. The second kappa shape index (κ2) is 6.44. The first-order chi connectivity index (χ1) is 10.7. The van der Waals surface area contributed by atoms with Gasteiger partial charge in [0.2, 0.25) is 0 Å². The van der Waals surface area contributed by atoms with E-state index in [1.54, 1.807) is 17.0 Å². The molecule has 1 aliphatic rings. The number of benzene rings is 1. The third kappa shape index (κ3) is 3.91. The van der Waals surface area contributed by atoms with Gasteiger partial charge in [-0.25, -0.2) is 4.79 Å². The molecule has 0 radical (unpaired) electrons. The molecule has 7 heteroatoms. The molecule has 126 valence electrons. The zero-order valence-corrected chi connectivity index (χ0v) is 13.7. The maximum Gasteiger partial charge on any atom is 0.407 e. The Morgan fingerprint density at radius 1 is 1.26 bits per heavy atom. The third-order valence-electron chi connectivity index (χ3n) is 4.18. The summed E-state index contributed by atoms with van der Waals surface area (Å²) < 4.78 is 0. The summed E-state index contributed by atoms with van der Waals surface area (Å²) in [4.78, 5) is 25.5. The summed E-state index contributed by atoms with van der Waals surface area (Å²) in [5.41, 5.74) is 0.589. The van der Waals surface area contributed by atoms with Crippen LogP contribution in [0.2, 0.25) is 0 Å². The lowest BCUT2D eigenvalue weighted by molar-refractivity contribution is -0.384. The van der Waals surface area contributed by atoms with Crippen LogP contribution in [0.15, 0.2) is 24.3 Å². The van der Waals surface area contributed by atoms with E-state index < -0.39 is 16.6 Å². The van der Waals surface area contributed by atoms with Crippen molar-refractivity contribution in [1.82, 2.24) is 4.90 Å². The van der Waals surface area contributed by atoms with E-state index in [1.807, 2.05) is 20.8 Å². The Bertz CT molecular complexity index is 572. The molecule has 0 atom stereocenters. The number of hydrogen-bond acceptors (Lipinski definition) is 4. The van der Waals surface area contributed by atoms with Gasteiger partial charge in [0.05, 0.1) is 4.92 Å². The van der Waals surface area contributed by atoms with Gasteiger partial charge < -0.3 is 14.9 Å². The van der Waals surface area contributed by atoms with Crippen molar-refractivity contribution in [3.63, 3.8) is 0 Å². The average Bonchev–Trinajstić information content (AvgIpc) is 2.46. The molecule has 1 aromatic carbocycles. The molecule has 7 nitrogen and oxygen atoms in total. The normalized spacial score (nSPS) is 16.2. The molecule has 1 amide bonds. The molecule has 0 saturated carbocycles. The van der Waals surface area contributed by atoms with E-state index in [4.69, 9.17) is 0 Å². The fourth-order valence-electron chi connectivity index (χ4n) is 3.16. The molecule has 1 N–H and O–H groups in total. The van der Waals surface area contributed by atoms with Crippen molar-refractivity contribution in [2.24, 2.45) is 0 Å². The minimum atomic E-state index is -0.883. The molecule has 0 aliphatic carbocycles. The number of carbonyl (C=O) groups is 1. The zero-order chi connectivity index (χ0) is 17.2. The van der Waals surface area contributed by atoms with E-state index in [1.165, 1.54) is 12.1 Å². The summed E-state index contributed by atoms with van der Waals surface area (Å²) in [5.74, 6) is 0. The lowest BCUT2D eigenvalue weighted by Gasteiger charge is -2.44. The Morgan fingerprint density at radius 3 is 2.17 bits per heavy atom. The van der Waals surface area contributed by atoms with Crippen molar-refractivity contribution in [1.29, 1.82) is 0 Å². The second-order valence-electron chi connectivity index (χ2n) is 6.82. The van der Waals surface area contributed by atoms with Crippen molar-refractivity contribution in [3.8, 4) is 0 Å². The molecule has 1 saturated heterocycles. The summed E-state index contributed by atoms with van der Waals surface area (Å²) >= 11 is 0. The fraction of sp³-hybridized carbons (Fsp3) is 0.562. The van der Waals surface area contributed by atoms with Crippen LogP contribution < -0.4 is 4.90 Å². The van der Waals surface area contributed by atoms with E-state index in [-0.39, 0.29) is 11.7 Å². The van der Waals surface area contributed by atoms with Crippen molar-refractivity contribution in [2.75, 3.05) is 18.0 Å². The van der Waals surface area contributed by atoms with Gasteiger partial charge in [-0.3, -0.25) is 10.1 Å². The molecule has 1 aromatic rings. The van der Waals surface area contributed by atoms with E-state index in [0.29, 0.717) is 0 Å². The number of nitro groups is 1. The van der Waals surface area contributed by atoms with Gasteiger partial charge in [0.25, 0.3) is 5.69 Å². The van der Waals surface area contributed by atoms with Crippen LogP contribution in [0, 0.1) is 10.1 Å². The van der Waals surface area contributed by atoms with Crippen molar-refractivity contribution in [3.05, 3.63) is 34.4 Å². The monoisotopic (exact) mass is 321 g/mol. The Hall–Kier alpha value is -2.31. The average molecular weight is 321 g/mol. The van der Waals surface area contributed by atoms with Gasteiger partial charge in [-0.2, -0.15) is 0 Å². The minimum Gasteiger partial charge on any atom is -0.465 e. The summed E-state index contributed by atoms with van der Waals surface area (Å²) in [5, 5.41) is 20.2. The van der Waals surface area contributed by atoms with Crippen LogP contribution in [-0.2, 0) is 0 Å². The van der Waals surface area contributed by atoms with Crippen LogP contribution in [0.5, 0.6) is 0 Å². The van der Waals surface area contributed by atoms with Gasteiger partial charge in [-0.15, -0.1) is 0 Å². The summed E-state index contributed by atoms with van der Waals surface area (Å²) in [7, 11) is 0. The predicted octanol–water partition coefficient (Wildman–Crippen LogP) is 3.34. The van der Waals surface area contributed by atoms with Crippen LogP contribution in [0.3, 0.4) is 0 Å². The van der Waals surface area contributed by atoms with Gasteiger partial charge in [-0.1, -0.05) is 0 Å². The molecule has 1 heterocycles. The maximum absolute atomic E-state index is 11.5. The molecular formula is C16H23N3O4. The predicted molar refractivity (Wildman–Crippen MR) is 87.9 cm³/mol. The lowest BCUT2D eigenvalue weighted by atomic mass is 9.96. The summed E-state index contributed by atoms with van der Waals surface area (Å²) in [6.07, 6.45) is 0.618. The number of piperidine rings is 1. The van der Waals surface area contributed by atoms with Crippen molar-refractivity contribution < 1.29 is 14.8 Å². The molecule has 23 heavy (non-hydrogen) atoms. The van der Waals surface area contributed by atoms with Crippen LogP contribution >= 0.6 is 0 Å². The Labute approximate surface area is 135 Å². The number of carboxylic acid groups (broad SMARTS) is 1. The van der Waals surface area contributed by atoms with E-state index in [0.717, 1.165) is 31.6 Å². The Balaban J connectivity index is 2.03. The molecule has 0 bridgehead atoms. The number of nitro benzene ring substituents is 1. The maximum atomic E-state index is 11.5. The Morgan fingerprint density at radius 2 is 1.78 bits per heavy atom. The van der Waals surface area contributed by atoms with Gasteiger partial charge in [0, 0.05) is 42.5 Å². The molecule has 1 fully saturated rings. The van der Waals surface area contributed by atoms with Crippen LogP contribution in [0.4, 0.5) is 16.2 Å². The Kier molecular flexibility index (Phi) is 4.77. The molecule has 2 rings (SSSR count). The number of anilines is 1. The number of non-ortho nitro benzene ring substituents is 1. The molecule has 0 unspecified atom stereocenters. The first-order valence-corrected chi connectivity index (χ1v) is 7.72. The summed E-state index contributed by atoms with van der Waals surface area (Å²) in [6.45, 7) is 7.20. The van der Waals surface area contributed by atoms with Gasteiger partial charge in [0.1, 0.15) is 0 Å². The van der Waals surface area contributed by atoms with E-state index in [9.17, 15) is 20.0 Å². The highest BCUT2D eigenvalue weighted by Gasteiger charge is 2.35. The number of nitrogens with zero attached hydrogens (tertiary/aromatic N) is 3. The zero-order valence-electron chi connectivity index (χ0n) is 13.7. The van der Waals surface area contributed by atoms with Crippen LogP contribution in [0.1, 0.15) is 33.6 Å². The smallest absolute Gasteiger partial charge is 0.407 e. The third-order valence-corrected chi connectivity index (χ3v) is 4.18. The van der Waals surface area contributed by atoms with Gasteiger partial charge in [-0.05, 0) is 45.7 Å². The molecule has 0 aromatic heterocycles. The second-order valence-corrected chi connectivity index (χ2v) is 6.82. The SMILES string of the molecule is CC(C)(C)N(C(=O)O)C1CCN(c2ccc([N+](=O)[O-])cc2)CC1. The topological polar surface area (TPSA) is 86.9 Å². The lowest BCUT2D eigenvalue weighted by Crippen LogP contribution is -2.54. The largest absolute Gasteiger partial charge is 0.465 e. The number of rotatable bonds is 3. The summed E-state index contributed by atoms with van der Waals surface area (Å²) in [6, 6.07) is 6.50. The molecule has 1 aliphatic heterocycles. The van der Waals surface area contributed by atoms with Gasteiger partial charge in [0.15, 0.2) is 0 Å². The number of amides is 1. The van der Waals surface area contributed by atoms with E-state index in [2.05, 4.69) is 4.90 Å². The van der Waals surface area contributed by atoms with Crippen molar-refractivity contribution >= 4 is 17.5 Å². The van der Waals surface area contributed by atoms with Crippen LogP contribution in [-0.4, -0.2) is 45.7 Å². The van der Waals surface area contributed by atoms with E-state index >= 15 is 0 Å². The quantitative estimate of drug-likeness (QED) is 0.681. The molecule has 0 spiro atoms. The van der Waals surface area contributed by atoms with Crippen molar-refractivity contribution in [2.45, 2.75) is 45.2 Å². The first kappa shape index (κ1) is 17.1. The minimum absolute atomic E-state index is 0.00167. The highest BCUT2D eigenvalue weighted by atomic mass is 16.6. The standard InChI is InChI=1S/C16H23N3O4/c1-16(2,3)18(15(20)21)13-8-10-17(11-9-13)12-4-6-14(7-5-12)19(22)23/h4-7,13H,8-11H2,1-3H3,(H,20,21). The molecular weight excluding hydrogens is 298 g/mol.